The molecule has 2 aromatic rings. The van der Waals surface area contributed by atoms with Crippen LogP contribution in [0.4, 0.5) is 0 Å². The molecular formula is C15H22N4O2. The van der Waals surface area contributed by atoms with E-state index in [2.05, 4.69) is 24.1 Å². The molecule has 0 saturated carbocycles. The Hall–Kier alpha value is -2.11. The summed E-state index contributed by atoms with van der Waals surface area (Å²) in [5, 5.41) is 8.13. The lowest BCUT2D eigenvalue weighted by molar-refractivity contribution is -0.134. The molecule has 6 nitrogen and oxygen atoms in total. The van der Waals surface area contributed by atoms with E-state index < -0.39 is 0 Å². The molecule has 1 amide bonds. The smallest absolute Gasteiger partial charge is 0.227 e. The highest BCUT2D eigenvalue weighted by Crippen LogP contribution is 2.16. The van der Waals surface area contributed by atoms with Crippen molar-refractivity contribution in [3.8, 4) is 0 Å². The Bertz CT molecular complexity index is 574. The molecule has 2 rings (SSSR count). The maximum absolute atomic E-state index is 12.3. The summed E-state index contributed by atoms with van der Waals surface area (Å²) in [4.78, 5) is 14.0. The van der Waals surface area contributed by atoms with Gasteiger partial charge in [-0.15, -0.1) is 0 Å². The van der Waals surface area contributed by atoms with Crippen LogP contribution in [0.2, 0.25) is 0 Å². The summed E-state index contributed by atoms with van der Waals surface area (Å²) in [5.41, 5.74) is 0.912. The summed E-state index contributed by atoms with van der Waals surface area (Å²) in [6.45, 7) is 7.03. The highest BCUT2D eigenvalue weighted by atomic mass is 16.5. The number of carbonyl (C=O) groups is 1. The van der Waals surface area contributed by atoms with Gasteiger partial charge in [0.25, 0.3) is 0 Å². The minimum absolute atomic E-state index is 0.0630. The number of amides is 1. The summed E-state index contributed by atoms with van der Waals surface area (Å²) >= 11 is 0. The van der Waals surface area contributed by atoms with Gasteiger partial charge in [-0.2, -0.15) is 5.10 Å². The number of nitrogens with zero attached hydrogens (tertiary/aromatic N) is 4. The Morgan fingerprint density at radius 1 is 1.43 bits per heavy atom. The zero-order valence-electron chi connectivity index (χ0n) is 13.0. The molecule has 0 fully saturated rings. The maximum Gasteiger partial charge on any atom is 0.227 e. The van der Waals surface area contributed by atoms with E-state index in [9.17, 15) is 4.79 Å². The van der Waals surface area contributed by atoms with E-state index in [0.717, 1.165) is 5.69 Å². The first-order valence-electron chi connectivity index (χ1n) is 7.15. The quantitative estimate of drug-likeness (QED) is 0.818. The molecule has 0 spiro atoms. The first-order valence-corrected chi connectivity index (χ1v) is 7.15. The van der Waals surface area contributed by atoms with E-state index in [1.54, 1.807) is 22.8 Å². The molecular weight excluding hydrogens is 268 g/mol. The zero-order valence-corrected chi connectivity index (χ0v) is 13.0. The van der Waals surface area contributed by atoms with Crippen LogP contribution in [0.5, 0.6) is 0 Å². The highest BCUT2D eigenvalue weighted by molar-refractivity contribution is 5.78. The second-order valence-corrected chi connectivity index (χ2v) is 5.70. The summed E-state index contributed by atoms with van der Waals surface area (Å²) < 4.78 is 7.04. The third kappa shape index (κ3) is 3.93. The van der Waals surface area contributed by atoms with Crippen LogP contribution in [-0.2, 0) is 17.9 Å². The summed E-state index contributed by atoms with van der Waals surface area (Å²) in [5.74, 6) is 0.957. The lowest BCUT2D eigenvalue weighted by Gasteiger charge is -2.20. The Balaban J connectivity index is 1.92. The molecule has 0 radical (unpaired) electrons. The van der Waals surface area contributed by atoms with Crippen molar-refractivity contribution < 1.29 is 9.32 Å². The Labute approximate surface area is 124 Å². The van der Waals surface area contributed by atoms with Gasteiger partial charge < -0.3 is 9.42 Å². The molecule has 2 aromatic heterocycles. The minimum Gasteiger partial charge on any atom is -0.359 e. The second kappa shape index (κ2) is 6.56. The van der Waals surface area contributed by atoms with Crippen molar-refractivity contribution in [2.45, 2.75) is 39.8 Å². The van der Waals surface area contributed by atoms with Gasteiger partial charge in [0.1, 0.15) is 0 Å². The van der Waals surface area contributed by atoms with Crippen LogP contribution in [0.15, 0.2) is 29.0 Å². The molecule has 0 aliphatic carbocycles. The lowest BCUT2D eigenvalue weighted by Crippen LogP contribution is -2.33. The third-order valence-corrected chi connectivity index (χ3v) is 3.38. The average Bonchev–Trinajstić information content (AvgIpc) is 3.09. The van der Waals surface area contributed by atoms with E-state index in [4.69, 9.17) is 4.52 Å². The van der Waals surface area contributed by atoms with Crippen LogP contribution >= 0.6 is 0 Å². The van der Waals surface area contributed by atoms with Gasteiger partial charge in [0.05, 0.1) is 24.7 Å². The fraction of sp³-hybridized carbons (Fsp3) is 0.533. The third-order valence-electron chi connectivity index (χ3n) is 3.38. The van der Waals surface area contributed by atoms with Gasteiger partial charge in [-0.1, -0.05) is 25.9 Å². The van der Waals surface area contributed by atoms with Crippen molar-refractivity contribution in [3.63, 3.8) is 0 Å². The van der Waals surface area contributed by atoms with E-state index >= 15 is 0 Å². The van der Waals surface area contributed by atoms with Gasteiger partial charge in [-0.05, 0) is 12.0 Å². The molecule has 1 atom stereocenters. The van der Waals surface area contributed by atoms with Crippen molar-refractivity contribution in [1.82, 2.24) is 19.8 Å². The van der Waals surface area contributed by atoms with Gasteiger partial charge in [-0.3, -0.25) is 9.48 Å². The maximum atomic E-state index is 12.3. The van der Waals surface area contributed by atoms with Gasteiger partial charge >= 0.3 is 0 Å². The normalized spacial score (nSPS) is 12.6. The molecule has 0 N–H and O–H groups in total. The molecule has 6 heteroatoms. The van der Waals surface area contributed by atoms with Crippen molar-refractivity contribution in [2.75, 3.05) is 7.05 Å². The second-order valence-electron chi connectivity index (χ2n) is 5.70. The van der Waals surface area contributed by atoms with Gasteiger partial charge in [-0.25, -0.2) is 0 Å². The van der Waals surface area contributed by atoms with Gasteiger partial charge in [0.15, 0.2) is 5.76 Å². The molecule has 114 valence electrons. The zero-order chi connectivity index (χ0) is 15.4. The molecule has 0 aromatic carbocycles. The van der Waals surface area contributed by atoms with Crippen molar-refractivity contribution in [2.24, 2.45) is 5.92 Å². The topological polar surface area (TPSA) is 64.2 Å². The largest absolute Gasteiger partial charge is 0.359 e. The van der Waals surface area contributed by atoms with E-state index in [1.165, 1.54) is 0 Å². The van der Waals surface area contributed by atoms with Crippen LogP contribution in [0.1, 0.15) is 38.1 Å². The fourth-order valence-electron chi connectivity index (χ4n) is 2.13. The van der Waals surface area contributed by atoms with E-state index in [-0.39, 0.29) is 11.8 Å². The predicted octanol–water partition coefficient (Wildman–Crippen LogP) is 2.29. The lowest BCUT2D eigenvalue weighted by atomic mass is 10.1. The van der Waals surface area contributed by atoms with Crippen LogP contribution < -0.4 is 0 Å². The molecule has 0 bridgehead atoms. The average molecular weight is 290 g/mol. The summed E-state index contributed by atoms with van der Waals surface area (Å²) in [6, 6.07) is 3.76. The standard InChI is InChI=1S/C15H22N4O2/c1-11(2)14-8-13(21-17-14)10-18(4)15(20)12(3)9-19-7-5-6-16-19/h5-8,11-12H,9-10H2,1-4H3/t12-/m1/s1. The van der Waals surface area contributed by atoms with Gasteiger partial charge in [0, 0.05) is 25.5 Å². The number of carbonyl (C=O) groups excluding carboxylic acids is 1. The van der Waals surface area contributed by atoms with Crippen molar-refractivity contribution in [3.05, 3.63) is 36.0 Å². The predicted molar refractivity (Wildman–Crippen MR) is 78.5 cm³/mol. The number of hydrogen-bond acceptors (Lipinski definition) is 4. The number of hydrogen-bond donors (Lipinski definition) is 0. The Morgan fingerprint density at radius 2 is 2.19 bits per heavy atom. The van der Waals surface area contributed by atoms with Crippen molar-refractivity contribution >= 4 is 5.91 Å². The van der Waals surface area contributed by atoms with Crippen LogP contribution in [0, 0.1) is 5.92 Å². The number of rotatable bonds is 6. The SMILES string of the molecule is CC(C)c1cc(CN(C)C(=O)[C@H](C)Cn2cccn2)on1. The summed E-state index contributed by atoms with van der Waals surface area (Å²) in [7, 11) is 1.78. The molecule has 0 unspecified atom stereocenters. The fourth-order valence-corrected chi connectivity index (χ4v) is 2.13. The molecule has 0 aliphatic rings. The van der Waals surface area contributed by atoms with Crippen LogP contribution in [0.25, 0.3) is 0 Å². The first-order chi connectivity index (χ1) is 9.97. The van der Waals surface area contributed by atoms with Crippen molar-refractivity contribution in [1.29, 1.82) is 0 Å². The molecule has 0 aliphatic heterocycles. The van der Waals surface area contributed by atoms with E-state index in [1.807, 2.05) is 25.3 Å². The number of aromatic nitrogens is 3. The molecule has 2 heterocycles. The van der Waals surface area contributed by atoms with Gasteiger partial charge in [0.2, 0.25) is 5.91 Å². The summed E-state index contributed by atoms with van der Waals surface area (Å²) in [6.07, 6.45) is 3.57. The van der Waals surface area contributed by atoms with Crippen LogP contribution in [-0.4, -0.2) is 32.8 Å². The Kier molecular flexibility index (Phi) is 4.77. The molecule has 0 saturated heterocycles. The highest BCUT2D eigenvalue weighted by Gasteiger charge is 2.20. The first kappa shape index (κ1) is 15.3. The monoisotopic (exact) mass is 290 g/mol. The Morgan fingerprint density at radius 3 is 2.76 bits per heavy atom. The van der Waals surface area contributed by atoms with E-state index in [0.29, 0.717) is 24.8 Å². The van der Waals surface area contributed by atoms with Crippen LogP contribution in [0.3, 0.4) is 0 Å². The minimum atomic E-state index is -0.137. The molecule has 21 heavy (non-hydrogen) atoms.